The molecule has 0 amide bonds. The van der Waals surface area contributed by atoms with Crippen molar-refractivity contribution in [1.82, 2.24) is 5.48 Å². The minimum absolute atomic E-state index is 0.776. The van der Waals surface area contributed by atoms with Crippen molar-refractivity contribution in [2.45, 2.75) is 19.3 Å². The lowest BCUT2D eigenvalue weighted by atomic mass is 10.2. The second-order valence-corrected chi connectivity index (χ2v) is 3.92. The molecule has 0 saturated heterocycles. The number of nitrogens with one attached hydrogen (secondary N) is 1. The maximum atomic E-state index is 8.76. The molecule has 0 saturated carbocycles. The monoisotopic (exact) mass is 299 g/mol. The molecule has 0 aromatic rings. The van der Waals surface area contributed by atoms with E-state index in [1.54, 1.807) is 0 Å². The Hall–Kier alpha value is 0.260. The molecule has 2 nitrogen and oxygen atoms in total. The molecule has 2 N–H and O–H groups in total. The molecule has 1 aliphatic rings. The number of hydroxylamine groups is 1. The van der Waals surface area contributed by atoms with Crippen molar-refractivity contribution in [3.05, 3.63) is 22.4 Å². The molecule has 0 atom stereocenters. The molecule has 0 fully saturated rings. The molecule has 1 aliphatic carbocycles. The van der Waals surface area contributed by atoms with Crippen molar-refractivity contribution in [2.24, 2.45) is 0 Å². The van der Waals surface area contributed by atoms with Gasteiger partial charge in [-0.15, -0.1) is 0 Å². The van der Waals surface area contributed by atoms with Crippen molar-refractivity contribution in [2.75, 3.05) is 4.43 Å². The first kappa shape index (κ1) is 10.3. The Labute approximate surface area is 90.8 Å². The lowest BCUT2D eigenvalue weighted by Gasteiger charge is -2.03. The molecule has 0 spiro atoms. The number of halogens is 2. The van der Waals surface area contributed by atoms with Gasteiger partial charge >= 0.3 is 0 Å². The van der Waals surface area contributed by atoms with Crippen LogP contribution in [0.25, 0.3) is 0 Å². The van der Waals surface area contributed by atoms with Crippen LogP contribution >= 0.6 is 34.2 Å². The van der Waals surface area contributed by atoms with E-state index in [9.17, 15) is 0 Å². The Bertz CT molecular complexity index is 225. The van der Waals surface area contributed by atoms with E-state index in [0.29, 0.717) is 0 Å². The standard InChI is InChI=1S/C8H11ClINO/c9-7(4-5-10)6-2-1-3-8(6)11-12/h4,11-12H,1-3,5H2/b7-4+. The van der Waals surface area contributed by atoms with Gasteiger partial charge in [-0.2, -0.15) is 0 Å². The highest BCUT2D eigenvalue weighted by atomic mass is 127. The van der Waals surface area contributed by atoms with Crippen LogP contribution < -0.4 is 5.48 Å². The van der Waals surface area contributed by atoms with Gasteiger partial charge in [-0.25, -0.2) is 0 Å². The summed E-state index contributed by atoms with van der Waals surface area (Å²) < 4.78 is 0.902. The van der Waals surface area contributed by atoms with Gasteiger partial charge in [-0.1, -0.05) is 40.3 Å². The first-order valence-corrected chi connectivity index (χ1v) is 5.74. The Balaban J connectivity index is 2.78. The van der Waals surface area contributed by atoms with Crippen molar-refractivity contribution in [3.63, 3.8) is 0 Å². The Morgan fingerprint density at radius 2 is 2.42 bits per heavy atom. The van der Waals surface area contributed by atoms with Gasteiger partial charge in [-0.05, 0) is 24.8 Å². The fraction of sp³-hybridized carbons (Fsp3) is 0.500. The van der Waals surface area contributed by atoms with Crippen LogP contribution in [0.15, 0.2) is 22.4 Å². The van der Waals surface area contributed by atoms with Crippen molar-refractivity contribution >= 4 is 34.2 Å². The predicted octanol–water partition coefficient (Wildman–Crippen LogP) is 2.96. The van der Waals surface area contributed by atoms with Crippen LogP contribution in [-0.4, -0.2) is 9.63 Å². The minimum atomic E-state index is 0.776. The summed E-state index contributed by atoms with van der Waals surface area (Å²) in [5, 5.41) is 9.53. The third-order valence-electron chi connectivity index (χ3n) is 1.90. The zero-order valence-corrected chi connectivity index (χ0v) is 9.52. The van der Waals surface area contributed by atoms with Gasteiger partial charge in [0.25, 0.3) is 0 Å². The summed E-state index contributed by atoms with van der Waals surface area (Å²) in [6, 6.07) is 0. The summed E-state index contributed by atoms with van der Waals surface area (Å²) in [7, 11) is 0. The highest BCUT2D eigenvalue weighted by Gasteiger charge is 2.15. The number of hydrogen-bond acceptors (Lipinski definition) is 2. The minimum Gasteiger partial charge on any atom is -0.291 e. The summed E-state index contributed by atoms with van der Waals surface area (Å²) in [6.07, 6.45) is 4.90. The van der Waals surface area contributed by atoms with Crippen molar-refractivity contribution in [1.29, 1.82) is 0 Å². The van der Waals surface area contributed by atoms with Gasteiger partial charge in [0.15, 0.2) is 0 Å². The molecule has 0 aliphatic heterocycles. The van der Waals surface area contributed by atoms with Gasteiger partial charge < -0.3 is 0 Å². The van der Waals surface area contributed by atoms with Gasteiger partial charge in [0.05, 0.1) is 0 Å². The zero-order valence-electron chi connectivity index (χ0n) is 6.61. The molecule has 1 rings (SSSR count). The Morgan fingerprint density at radius 3 is 3.00 bits per heavy atom. The third kappa shape index (κ3) is 2.37. The van der Waals surface area contributed by atoms with E-state index in [1.165, 1.54) is 0 Å². The van der Waals surface area contributed by atoms with E-state index in [1.807, 2.05) is 6.08 Å². The van der Waals surface area contributed by atoms with Crippen molar-refractivity contribution < 1.29 is 5.21 Å². The van der Waals surface area contributed by atoms with Gasteiger partial charge in [0, 0.05) is 15.2 Å². The summed E-state index contributed by atoms with van der Waals surface area (Å²) in [5.74, 6) is 0. The Morgan fingerprint density at radius 1 is 1.67 bits per heavy atom. The van der Waals surface area contributed by atoms with E-state index in [-0.39, 0.29) is 0 Å². The number of rotatable bonds is 3. The summed E-state index contributed by atoms with van der Waals surface area (Å²) >= 11 is 8.25. The fourth-order valence-corrected chi connectivity index (χ4v) is 2.31. The topological polar surface area (TPSA) is 32.3 Å². The van der Waals surface area contributed by atoms with E-state index in [4.69, 9.17) is 16.8 Å². The molecular formula is C8H11ClINO. The molecule has 0 aromatic carbocycles. The summed E-state index contributed by atoms with van der Waals surface area (Å²) in [5.41, 5.74) is 4.15. The van der Waals surface area contributed by atoms with Gasteiger partial charge in [0.1, 0.15) is 0 Å². The normalized spacial score (nSPS) is 18.8. The van der Waals surface area contributed by atoms with E-state index in [0.717, 1.165) is 40.0 Å². The number of hydrogen-bond donors (Lipinski definition) is 2. The maximum Gasteiger partial charge on any atom is 0.0423 e. The molecule has 0 heterocycles. The lowest BCUT2D eigenvalue weighted by molar-refractivity contribution is 0.197. The van der Waals surface area contributed by atoms with Crippen LogP contribution in [0.2, 0.25) is 0 Å². The van der Waals surface area contributed by atoms with Crippen LogP contribution in [0.1, 0.15) is 19.3 Å². The molecule has 0 unspecified atom stereocenters. The van der Waals surface area contributed by atoms with Crippen LogP contribution in [-0.2, 0) is 0 Å². The quantitative estimate of drug-likeness (QED) is 0.477. The fourth-order valence-electron chi connectivity index (χ4n) is 1.32. The summed E-state index contributed by atoms with van der Waals surface area (Å²) in [4.78, 5) is 0. The summed E-state index contributed by atoms with van der Waals surface area (Å²) in [6.45, 7) is 0. The van der Waals surface area contributed by atoms with Crippen LogP contribution in [0.4, 0.5) is 0 Å². The van der Waals surface area contributed by atoms with E-state index >= 15 is 0 Å². The molecule has 68 valence electrons. The molecule has 0 aromatic heterocycles. The first-order valence-electron chi connectivity index (χ1n) is 3.83. The zero-order chi connectivity index (χ0) is 8.97. The second kappa shape index (κ2) is 5.09. The lowest BCUT2D eigenvalue weighted by Crippen LogP contribution is -2.06. The average molecular weight is 300 g/mol. The van der Waals surface area contributed by atoms with Crippen molar-refractivity contribution in [3.8, 4) is 0 Å². The largest absolute Gasteiger partial charge is 0.291 e. The van der Waals surface area contributed by atoms with Crippen LogP contribution in [0.3, 0.4) is 0 Å². The first-order chi connectivity index (χ1) is 5.79. The Kier molecular flexibility index (Phi) is 4.39. The molecular weight excluding hydrogens is 288 g/mol. The predicted molar refractivity (Wildman–Crippen MR) is 58.6 cm³/mol. The van der Waals surface area contributed by atoms with Gasteiger partial charge in [-0.3, -0.25) is 10.7 Å². The van der Waals surface area contributed by atoms with E-state index in [2.05, 4.69) is 28.1 Å². The molecule has 4 heteroatoms. The SMILES string of the molecule is ONC1=C(/C(Cl)=C\CI)CCC1. The highest BCUT2D eigenvalue weighted by Crippen LogP contribution is 2.31. The molecule has 12 heavy (non-hydrogen) atoms. The number of alkyl halides is 1. The van der Waals surface area contributed by atoms with Crippen LogP contribution in [0.5, 0.6) is 0 Å². The average Bonchev–Trinajstić information content (AvgIpc) is 2.51. The van der Waals surface area contributed by atoms with Gasteiger partial charge in [0.2, 0.25) is 0 Å². The maximum absolute atomic E-state index is 8.76. The smallest absolute Gasteiger partial charge is 0.0423 e. The van der Waals surface area contributed by atoms with E-state index < -0.39 is 0 Å². The second-order valence-electron chi connectivity index (χ2n) is 2.63. The number of allylic oxidation sites excluding steroid dienone is 4. The third-order valence-corrected chi connectivity index (χ3v) is 2.72. The van der Waals surface area contributed by atoms with Crippen LogP contribution in [0, 0.1) is 0 Å². The molecule has 0 radical (unpaired) electrons. The highest BCUT2D eigenvalue weighted by molar-refractivity contribution is 14.1. The molecule has 0 bridgehead atoms.